The molecule has 4 atom stereocenters. The van der Waals surface area contributed by atoms with Gasteiger partial charge in [-0.3, -0.25) is 9.59 Å². The summed E-state index contributed by atoms with van der Waals surface area (Å²) in [4.78, 5) is 26.3. The number of fused-ring (bicyclic) bond motifs is 1. The summed E-state index contributed by atoms with van der Waals surface area (Å²) in [6, 6.07) is 22.7. The van der Waals surface area contributed by atoms with E-state index in [0.29, 0.717) is 35.5 Å². The number of carbonyl (C=O) groups is 2. The van der Waals surface area contributed by atoms with Crippen molar-refractivity contribution >= 4 is 11.9 Å². The minimum absolute atomic E-state index is 0.264. The second kappa shape index (κ2) is 9.45. The number of ether oxygens (including phenoxy) is 3. The molecule has 0 bridgehead atoms. The van der Waals surface area contributed by atoms with Crippen LogP contribution < -0.4 is 9.47 Å². The van der Waals surface area contributed by atoms with Crippen LogP contribution in [0.15, 0.2) is 72.8 Å². The van der Waals surface area contributed by atoms with Crippen LogP contribution in [0.25, 0.3) is 0 Å². The van der Waals surface area contributed by atoms with E-state index in [1.807, 2.05) is 48.5 Å². The van der Waals surface area contributed by atoms with Crippen molar-refractivity contribution in [2.45, 2.75) is 30.8 Å². The molecule has 0 aromatic heterocycles. The average Bonchev–Trinajstić information content (AvgIpc) is 3.26. The molecule has 6 nitrogen and oxygen atoms in total. The Hall–Kier alpha value is -3.80. The summed E-state index contributed by atoms with van der Waals surface area (Å²) >= 11 is 0. The summed E-state index contributed by atoms with van der Waals surface area (Å²) in [5.41, 5.74) is 3.77. The first-order valence-electron chi connectivity index (χ1n) is 11.8. The molecule has 3 aromatic carbocycles. The number of methoxy groups -OCH3 is 2. The Morgan fingerprint density at radius 1 is 0.714 bits per heavy atom. The summed E-state index contributed by atoms with van der Waals surface area (Å²) < 4.78 is 17.2. The molecule has 2 aliphatic carbocycles. The van der Waals surface area contributed by atoms with E-state index in [9.17, 15) is 14.7 Å². The fraction of sp³-hybridized carbons (Fsp3) is 0.310. The van der Waals surface area contributed by atoms with Gasteiger partial charge in [0.05, 0.1) is 26.1 Å². The number of benzene rings is 3. The number of hydrogen-bond donors (Lipinski definition) is 1. The van der Waals surface area contributed by atoms with Gasteiger partial charge in [-0.25, -0.2) is 0 Å². The molecule has 0 aliphatic heterocycles. The zero-order valence-corrected chi connectivity index (χ0v) is 19.7. The lowest BCUT2D eigenvalue weighted by molar-refractivity contribution is -0.167. The van der Waals surface area contributed by atoms with E-state index in [0.717, 1.165) is 0 Å². The predicted octanol–water partition coefficient (Wildman–Crippen LogP) is 4.61. The molecule has 1 unspecified atom stereocenters. The van der Waals surface area contributed by atoms with E-state index in [-0.39, 0.29) is 12.1 Å². The molecule has 5 rings (SSSR count). The number of esters is 1. The third-order valence-electron chi connectivity index (χ3n) is 7.40. The van der Waals surface area contributed by atoms with Crippen molar-refractivity contribution in [1.82, 2.24) is 0 Å². The lowest BCUT2D eigenvalue weighted by Crippen LogP contribution is -2.52. The summed E-state index contributed by atoms with van der Waals surface area (Å²) in [5.74, 6) is -2.92. The largest absolute Gasteiger partial charge is 0.496 e. The first-order valence-corrected chi connectivity index (χ1v) is 11.8. The number of carboxylic acids is 1. The van der Waals surface area contributed by atoms with Crippen molar-refractivity contribution in [3.63, 3.8) is 0 Å². The highest BCUT2D eigenvalue weighted by molar-refractivity contribution is 5.85. The van der Waals surface area contributed by atoms with Crippen LogP contribution in [0.4, 0.5) is 0 Å². The van der Waals surface area contributed by atoms with Crippen LogP contribution >= 0.6 is 0 Å². The zero-order chi connectivity index (χ0) is 24.5. The number of aliphatic carboxylic acids is 1. The van der Waals surface area contributed by atoms with Crippen molar-refractivity contribution in [3.05, 3.63) is 95.1 Å². The van der Waals surface area contributed by atoms with E-state index in [1.165, 1.54) is 11.1 Å². The molecule has 2 aliphatic rings. The van der Waals surface area contributed by atoms with Gasteiger partial charge >= 0.3 is 11.9 Å². The van der Waals surface area contributed by atoms with E-state index in [1.54, 1.807) is 26.4 Å². The summed E-state index contributed by atoms with van der Waals surface area (Å²) in [6.07, 6.45) is 1.06. The Labute approximate surface area is 204 Å². The topological polar surface area (TPSA) is 82.1 Å². The van der Waals surface area contributed by atoms with E-state index in [2.05, 4.69) is 12.1 Å². The molecule has 0 heterocycles. The third-order valence-corrected chi connectivity index (χ3v) is 7.40. The molecular weight excluding hydrogens is 444 g/mol. The van der Waals surface area contributed by atoms with E-state index in [4.69, 9.17) is 14.2 Å². The molecule has 1 saturated carbocycles. The van der Waals surface area contributed by atoms with Crippen molar-refractivity contribution in [2.24, 2.45) is 11.8 Å². The number of carbonyl (C=O) groups excluding carboxylic acids is 1. The van der Waals surface area contributed by atoms with Crippen LogP contribution in [0.2, 0.25) is 0 Å². The maximum absolute atomic E-state index is 13.8. The molecule has 6 heteroatoms. The smallest absolute Gasteiger partial charge is 0.310 e. The van der Waals surface area contributed by atoms with E-state index >= 15 is 0 Å². The van der Waals surface area contributed by atoms with Crippen LogP contribution in [-0.4, -0.2) is 37.4 Å². The SMILES string of the molecule is COc1ccccc1C1[C@@H](C(=O)OC2Cc3ccccc3C2)[C@@H](c2ccccc2OC)[C@H]1C(=O)O. The summed E-state index contributed by atoms with van der Waals surface area (Å²) in [7, 11) is 3.10. The maximum Gasteiger partial charge on any atom is 0.310 e. The normalized spacial score (nSPS) is 23.1. The van der Waals surface area contributed by atoms with Crippen LogP contribution in [0.5, 0.6) is 11.5 Å². The first-order chi connectivity index (χ1) is 17.0. The molecule has 1 N–H and O–H groups in total. The lowest BCUT2D eigenvalue weighted by atomic mass is 9.52. The molecule has 35 heavy (non-hydrogen) atoms. The Bertz CT molecular complexity index is 1170. The van der Waals surface area contributed by atoms with Crippen molar-refractivity contribution < 1.29 is 28.9 Å². The highest BCUT2D eigenvalue weighted by atomic mass is 16.5. The number of hydrogen-bond acceptors (Lipinski definition) is 5. The second-order valence-corrected chi connectivity index (χ2v) is 9.16. The van der Waals surface area contributed by atoms with Crippen LogP contribution in [0, 0.1) is 11.8 Å². The third kappa shape index (κ3) is 4.03. The molecule has 1 fully saturated rings. The standard InChI is InChI=1S/C29H28O6/c1-33-22-13-7-5-11-20(22)24-26(28(30)31)25(21-12-6-8-14-23(21)34-2)27(24)29(32)35-19-15-17-9-3-4-10-18(17)16-19/h3-14,19,24-27H,15-16H2,1-2H3,(H,30,31)/t24-,25?,26+,27-/m0/s1. The van der Waals surface area contributed by atoms with Gasteiger partial charge in [0.15, 0.2) is 0 Å². The average molecular weight is 473 g/mol. The fourth-order valence-corrected chi connectivity index (χ4v) is 5.85. The Kier molecular flexibility index (Phi) is 6.20. The molecule has 3 aromatic rings. The van der Waals surface area contributed by atoms with Gasteiger partial charge in [-0.1, -0.05) is 60.7 Å². The molecule has 0 saturated heterocycles. The Balaban J connectivity index is 1.53. The van der Waals surface area contributed by atoms with Crippen molar-refractivity contribution in [3.8, 4) is 11.5 Å². The lowest BCUT2D eigenvalue weighted by Gasteiger charge is -2.49. The fourth-order valence-electron chi connectivity index (χ4n) is 5.85. The monoisotopic (exact) mass is 472 g/mol. The summed E-state index contributed by atoms with van der Waals surface area (Å²) in [6.45, 7) is 0. The molecule has 0 radical (unpaired) electrons. The van der Waals surface area contributed by atoms with Gasteiger partial charge in [0.25, 0.3) is 0 Å². The molecule has 0 amide bonds. The van der Waals surface area contributed by atoms with Gasteiger partial charge in [-0.05, 0) is 34.4 Å². The highest BCUT2D eigenvalue weighted by Crippen LogP contribution is 2.60. The quantitative estimate of drug-likeness (QED) is 0.506. The van der Waals surface area contributed by atoms with Crippen LogP contribution in [-0.2, 0) is 27.2 Å². The number of rotatable bonds is 7. The van der Waals surface area contributed by atoms with Gasteiger partial charge in [-0.15, -0.1) is 0 Å². The molecular formula is C29H28O6. The Morgan fingerprint density at radius 2 is 1.17 bits per heavy atom. The van der Waals surface area contributed by atoms with Crippen LogP contribution in [0.3, 0.4) is 0 Å². The zero-order valence-electron chi connectivity index (χ0n) is 19.7. The van der Waals surface area contributed by atoms with Gasteiger partial charge < -0.3 is 19.3 Å². The number of para-hydroxylation sites is 2. The first kappa shape index (κ1) is 23.0. The summed E-state index contributed by atoms with van der Waals surface area (Å²) in [5, 5.41) is 10.3. The van der Waals surface area contributed by atoms with Gasteiger partial charge in [0.2, 0.25) is 0 Å². The van der Waals surface area contributed by atoms with E-state index < -0.39 is 29.6 Å². The minimum Gasteiger partial charge on any atom is -0.496 e. The Morgan fingerprint density at radius 3 is 1.63 bits per heavy atom. The molecule has 0 spiro atoms. The van der Waals surface area contributed by atoms with Crippen LogP contribution in [0.1, 0.15) is 34.1 Å². The predicted molar refractivity (Wildman–Crippen MR) is 130 cm³/mol. The van der Waals surface area contributed by atoms with Crippen molar-refractivity contribution in [1.29, 1.82) is 0 Å². The number of carboxylic acid groups (broad SMARTS) is 1. The van der Waals surface area contributed by atoms with Gasteiger partial charge in [0, 0.05) is 24.7 Å². The minimum atomic E-state index is -0.964. The maximum atomic E-state index is 13.8. The van der Waals surface area contributed by atoms with Gasteiger partial charge in [0.1, 0.15) is 17.6 Å². The van der Waals surface area contributed by atoms with Crippen molar-refractivity contribution in [2.75, 3.05) is 14.2 Å². The second-order valence-electron chi connectivity index (χ2n) is 9.16. The van der Waals surface area contributed by atoms with Gasteiger partial charge in [-0.2, -0.15) is 0 Å². The highest BCUT2D eigenvalue weighted by Gasteiger charge is 2.60. The molecule has 180 valence electrons.